The summed E-state index contributed by atoms with van der Waals surface area (Å²) in [4.78, 5) is 0. The highest BCUT2D eigenvalue weighted by Gasteiger charge is 2.19. The molecule has 1 aromatic rings. The summed E-state index contributed by atoms with van der Waals surface area (Å²) in [6.45, 7) is 1.78. The van der Waals surface area contributed by atoms with E-state index < -0.39 is 0 Å². The van der Waals surface area contributed by atoms with Gasteiger partial charge >= 0.3 is 0 Å². The molecule has 94 valence electrons. The molecule has 0 amide bonds. The number of hydrogen-bond acceptors (Lipinski definition) is 2. The van der Waals surface area contributed by atoms with Crippen molar-refractivity contribution in [3.05, 3.63) is 29.6 Å². The van der Waals surface area contributed by atoms with Crippen LogP contribution in [-0.4, -0.2) is 6.10 Å². The second-order valence-electron chi connectivity index (χ2n) is 4.82. The molecule has 0 radical (unpaired) electrons. The fourth-order valence-corrected chi connectivity index (χ4v) is 2.42. The molecule has 0 unspecified atom stereocenters. The summed E-state index contributed by atoms with van der Waals surface area (Å²) in [5, 5.41) is 0. The zero-order valence-corrected chi connectivity index (χ0v) is 10.3. The lowest BCUT2D eigenvalue weighted by molar-refractivity contribution is 0.152. The van der Waals surface area contributed by atoms with E-state index in [1.807, 2.05) is 6.07 Å². The van der Waals surface area contributed by atoms with Crippen LogP contribution < -0.4 is 10.5 Å². The zero-order chi connectivity index (χ0) is 12.3. The van der Waals surface area contributed by atoms with Crippen LogP contribution in [0.2, 0.25) is 0 Å². The van der Waals surface area contributed by atoms with Gasteiger partial charge in [0.05, 0.1) is 6.10 Å². The molecule has 2 N–H and O–H groups in total. The second-order valence-corrected chi connectivity index (χ2v) is 4.82. The summed E-state index contributed by atoms with van der Waals surface area (Å²) in [6, 6.07) is 4.59. The highest BCUT2D eigenvalue weighted by Crippen LogP contribution is 2.30. The lowest BCUT2D eigenvalue weighted by Gasteiger charge is -2.25. The average Bonchev–Trinajstić information content (AvgIpc) is 2.30. The third-order valence-corrected chi connectivity index (χ3v) is 3.31. The summed E-state index contributed by atoms with van der Waals surface area (Å²) < 4.78 is 19.6. The van der Waals surface area contributed by atoms with Crippen LogP contribution in [0, 0.1) is 5.82 Å². The predicted molar refractivity (Wildman–Crippen MR) is 66.5 cm³/mol. The van der Waals surface area contributed by atoms with Crippen LogP contribution in [0.5, 0.6) is 5.75 Å². The molecule has 0 saturated heterocycles. The number of hydrogen-bond donors (Lipinski definition) is 1. The molecule has 1 aliphatic carbocycles. The largest absolute Gasteiger partial charge is 0.490 e. The van der Waals surface area contributed by atoms with Gasteiger partial charge in [0.2, 0.25) is 0 Å². The first kappa shape index (κ1) is 12.4. The topological polar surface area (TPSA) is 35.2 Å². The third kappa shape index (κ3) is 2.97. The van der Waals surface area contributed by atoms with Crippen molar-refractivity contribution in [2.45, 2.75) is 51.2 Å². The van der Waals surface area contributed by atoms with Gasteiger partial charge in [-0.15, -0.1) is 0 Å². The van der Waals surface area contributed by atoms with E-state index in [9.17, 15) is 4.39 Å². The van der Waals surface area contributed by atoms with Crippen molar-refractivity contribution in [1.82, 2.24) is 0 Å². The van der Waals surface area contributed by atoms with Crippen LogP contribution in [0.3, 0.4) is 0 Å². The standard InChI is InChI=1S/C14H20FNO/c1-10(16)14-12(15)8-5-9-13(14)17-11-6-3-2-4-7-11/h5,8-11H,2-4,6-7,16H2,1H3/t10-/m1/s1. The van der Waals surface area contributed by atoms with Crippen LogP contribution >= 0.6 is 0 Å². The van der Waals surface area contributed by atoms with Gasteiger partial charge in [-0.05, 0) is 44.7 Å². The number of halogens is 1. The van der Waals surface area contributed by atoms with Crippen LogP contribution in [0.1, 0.15) is 50.6 Å². The van der Waals surface area contributed by atoms with Crippen molar-refractivity contribution in [3.8, 4) is 5.75 Å². The van der Waals surface area contributed by atoms with Crippen LogP contribution in [0.25, 0.3) is 0 Å². The molecule has 0 aromatic heterocycles. The predicted octanol–water partition coefficient (Wildman–Crippen LogP) is 3.56. The molecule has 1 saturated carbocycles. The fraction of sp³-hybridized carbons (Fsp3) is 0.571. The minimum absolute atomic E-state index is 0.225. The van der Waals surface area contributed by atoms with Gasteiger partial charge < -0.3 is 10.5 Å². The Kier molecular flexibility index (Phi) is 4.00. The van der Waals surface area contributed by atoms with Gasteiger partial charge in [0.1, 0.15) is 11.6 Å². The van der Waals surface area contributed by atoms with E-state index in [-0.39, 0.29) is 18.0 Å². The van der Waals surface area contributed by atoms with Gasteiger partial charge in [0, 0.05) is 11.6 Å². The molecule has 1 atom stereocenters. The smallest absolute Gasteiger partial charge is 0.131 e. The van der Waals surface area contributed by atoms with Gasteiger partial charge in [-0.1, -0.05) is 12.5 Å². The Balaban J connectivity index is 2.16. The number of benzene rings is 1. The molecule has 17 heavy (non-hydrogen) atoms. The molecular weight excluding hydrogens is 217 g/mol. The van der Waals surface area contributed by atoms with Gasteiger partial charge in [-0.3, -0.25) is 0 Å². The first-order valence-electron chi connectivity index (χ1n) is 6.39. The van der Waals surface area contributed by atoms with Crippen LogP contribution in [0.4, 0.5) is 4.39 Å². The van der Waals surface area contributed by atoms with E-state index in [2.05, 4.69) is 0 Å². The molecule has 3 heteroatoms. The number of nitrogens with two attached hydrogens (primary N) is 1. The Morgan fingerprint density at radius 3 is 2.65 bits per heavy atom. The van der Waals surface area contributed by atoms with E-state index in [4.69, 9.17) is 10.5 Å². The molecule has 1 aliphatic rings. The average molecular weight is 237 g/mol. The minimum Gasteiger partial charge on any atom is -0.490 e. The molecule has 0 spiro atoms. The molecular formula is C14H20FNO. The molecule has 0 heterocycles. The minimum atomic E-state index is -0.338. The quantitative estimate of drug-likeness (QED) is 0.872. The van der Waals surface area contributed by atoms with Gasteiger partial charge in [-0.2, -0.15) is 0 Å². The van der Waals surface area contributed by atoms with E-state index in [1.54, 1.807) is 13.0 Å². The second kappa shape index (κ2) is 5.50. The molecule has 2 nitrogen and oxygen atoms in total. The third-order valence-electron chi connectivity index (χ3n) is 3.31. The first-order valence-corrected chi connectivity index (χ1v) is 6.39. The zero-order valence-electron chi connectivity index (χ0n) is 10.3. The summed E-state index contributed by atoms with van der Waals surface area (Å²) in [5.74, 6) is 0.347. The lowest BCUT2D eigenvalue weighted by atomic mass is 9.97. The molecule has 1 aromatic carbocycles. The lowest BCUT2D eigenvalue weighted by Crippen LogP contribution is -2.21. The van der Waals surface area contributed by atoms with E-state index in [0.29, 0.717) is 11.3 Å². The maximum absolute atomic E-state index is 13.7. The maximum Gasteiger partial charge on any atom is 0.131 e. The summed E-state index contributed by atoms with van der Waals surface area (Å²) in [5.41, 5.74) is 6.30. The normalized spacial score (nSPS) is 19.0. The van der Waals surface area contributed by atoms with E-state index in [0.717, 1.165) is 12.8 Å². The van der Waals surface area contributed by atoms with Crippen molar-refractivity contribution < 1.29 is 9.13 Å². The Morgan fingerprint density at radius 2 is 2.00 bits per heavy atom. The summed E-state index contributed by atoms with van der Waals surface area (Å²) in [7, 11) is 0. The SMILES string of the molecule is C[C@@H](N)c1c(F)cccc1OC1CCCCC1. The van der Waals surface area contributed by atoms with Gasteiger partial charge in [-0.25, -0.2) is 4.39 Å². The van der Waals surface area contributed by atoms with Crippen molar-refractivity contribution in [2.75, 3.05) is 0 Å². The number of rotatable bonds is 3. The van der Waals surface area contributed by atoms with E-state index in [1.165, 1.54) is 25.3 Å². The Bertz CT molecular complexity index is 372. The fourth-order valence-electron chi connectivity index (χ4n) is 2.42. The van der Waals surface area contributed by atoms with Crippen LogP contribution in [0.15, 0.2) is 18.2 Å². The highest BCUT2D eigenvalue weighted by molar-refractivity contribution is 5.37. The Morgan fingerprint density at radius 1 is 1.29 bits per heavy atom. The van der Waals surface area contributed by atoms with Gasteiger partial charge in [0.25, 0.3) is 0 Å². The summed E-state index contributed by atoms with van der Waals surface area (Å²) in [6.07, 6.45) is 6.04. The molecule has 2 rings (SSSR count). The highest BCUT2D eigenvalue weighted by atomic mass is 19.1. The monoisotopic (exact) mass is 237 g/mol. The maximum atomic E-state index is 13.7. The van der Waals surface area contributed by atoms with Crippen molar-refractivity contribution in [3.63, 3.8) is 0 Å². The van der Waals surface area contributed by atoms with Crippen molar-refractivity contribution in [2.24, 2.45) is 5.73 Å². The van der Waals surface area contributed by atoms with Gasteiger partial charge in [0.15, 0.2) is 0 Å². The summed E-state index contributed by atoms with van der Waals surface area (Å²) >= 11 is 0. The first-order chi connectivity index (χ1) is 8.18. The Hall–Kier alpha value is -1.09. The molecule has 1 fully saturated rings. The molecule has 0 aliphatic heterocycles. The Labute approximate surface area is 102 Å². The van der Waals surface area contributed by atoms with Crippen molar-refractivity contribution in [1.29, 1.82) is 0 Å². The number of ether oxygens (including phenoxy) is 1. The van der Waals surface area contributed by atoms with Crippen molar-refractivity contribution >= 4 is 0 Å². The molecule has 0 bridgehead atoms. The van der Waals surface area contributed by atoms with Crippen LogP contribution in [-0.2, 0) is 0 Å². The van der Waals surface area contributed by atoms with E-state index >= 15 is 0 Å².